The molecule has 1 aliphatic rings. The second-order valence-electron chi connectivity index (χ2n) is 6.32. The van der Waals surface area contributed by atoms with E-state index in [1.165, 1.54) is 31.2 Å². The van der Waals surface area contributed by atoms with Crippen LogP contribution in [-0.2, 0) is 0 Å². The zero-order valence-corrected chi connectivity index (χ0v) is 13.9. The molecule has 0 radical (unpaired) electrons. The van der Waals surface area contributed by atoms with Gasteiger partial charge in [-0.25, -0.2) is 0 Å². The van der Waals surface area contributed by atoms with Crippen LogP contribution in [0.25, 0.3) is 0 Å². The van der Waals surface area contributed by atoms with Crippen molar-refractivity contribution in [1.29, 1.82) is 0 Å². The molecular weight excluding hydrogens is 262 g/mol. The molecule has 0 saturated heterocycles. The normalized spacial score (nSPS) is 18.5. The second-order valence-corrected chi connectivity index (χ2v) is 6.32. The highest BCUT2D eigenvalue weighted by Crippen LogP contribution is 2.51. The van der Waals surface area contributed by atoms with Gasteiger partial charge in [0.15, 0.2) is 0 Å². The van der Waals surface area contributed by atoms with E-state index in [0.717, 1.165) is 24.5 Å². The summed E-state index contributed by atoms with van der Waals surface area (Å²) in [6, 6.07) is 6.36. The van der Waals surface area contributed by atoms with Gasteiger partial charge in [-0.1, -0.05) is 32.8 Å². The van der Waals surface area contributed by atoms with Crippen molar-refractivity contribution in [2.24, 2.45) is 5.41 Å². The fraction of sp³-hybridized carbons (Fsp3) is 0.667. The Morgan fingerprint density at radius 1 is 1.14 bits per heavy atom. The van der Waals surface area contributed by atoms with Gasteiger partial charge < -0.3 is 14.8 Å². The molecule has 21 heavy (non-hydrogen) atoms. The molecule has 1 saturated carbocycles. The van der Waals surface area contributed by atoms with Crippen molar-refractivity contribution < 1.29 is 9.47 Å². The highest BCUT2D eigenvalue weighted by Gasteiger charge is 2.40. The van der Waals surface area contributed by atoms with E-state index in [9.17, 15) is 0 Å². The van der Waals surface area contributed by atoms with Crippen molar-refractivity contribution in [3.8, 4) is 11.5 Å². The van der Waals surface area contributed by atoms with Crippen LogP contribution in [0.15, 0.2) is 18.2 Å². The van der Waals surface area contributed by atoms with E-state index in [-0.39, 0.29) is 11.5 Å². The molecule has 1 aromatic rings. The molecule has 1 fully saturated rings. The smallest absolute Gasteiger partial charge is 0.127 e. The average Bonchev–Trinajstić information content (AvgIpc) is 2.95. The van der Waals surface area contributed by atoms with Crippen LogP contribution in [0.2, 0.25) is 0 Å². The van der Waals surface area contributed by atoms with E-state index < -0.39 is 0 Å². The van der Waals surface area contributed by atoms with E-state index in [0.29, 0.717) is 0 Å². The summed E-state index contributed by atoms with van der Waals surface area (Å²) in [6.45, 7) is 5.63. The molecule has 1 aliphatic carbocycles. The van der Waals surface area contributed by atoms with E-state index in [2.05, 4.69) is 19.2 Å². The predicted octanol–water partition coefficient (Wildman–Crippen LogP) is 4.32. The zero-order valence-electron chi connectivity index (χ0n) is 13.9. The quantitative estimate of drug-likeness (QED) is 0.811. The third-order valence-corrected chi connectivity index (χ3v) is 4.80. The van der Waals surface area contributed by atoms with E-state index >= 15 is 0 Å². The molecule has 1 aromatic carbocycles. The monoisotopic (exact) mass is 291 g/mol. The maximum absolute atomic E-state index is 5.63. The summed E-state index contributed by atoms with van der Waals surface area (Å²) in [5.74, 6) is 1.85. The average molecular weight is 291 g/mol. The molecule has 1 unspecified atom stereocenters. The van der Waals surface area contributed by atoms with Crippen LogP contribution >= 0.6 is 0 Å². The van der Waals surface area contributed by atoms with Gasteiger partial charge in [0.2, 0.25) is 0 Å². The number of methoxy groups -OCH3 is 2. The predicted molar refractivity (Wildman–Crippen MR) is 87.2 cm³/mol. The Hall–Kier alpha value is -1.22. The highest BCUT2D eigenvalue weighted by atomic mass is 16.5. The van der Waals surface area contributed by atoms with Gasteiger partial charge in [0, 0.05) is 6.04 Å². The van der Waals surface area contributed by atoms with Crippen molar-refractivity contribution in [2.45, 2.75) is 52.0 Å². The first-order valence-electron chi connectivity index (χ1n) is 8.10. The summed E-state index contributed by atoms with van der Waals surface area (Å²) >= 11 is 0. The van der Waals surface area contributed by atoms with Gasteiger partial charge in [-0.2, -0.15) is 0 Å². The molecule has 2 rings (SSSR count). The van der Waals surface area contributed by atoms with Crippen molar-refractivity contribution in [2.75, 3.05) is 20.8 Å². The summed E-state index contributed by atoms with van der Waals surface area (Å²) in [5.41, 5.74) is 1.46. The van der Waals surface area contributed by atoms with Gasteiger partial charge >= 0.3 is 0 Å². The van der Waals surface area contributed by atoms with Gasteiger partial charge in [-0.05, 0) is 43.4 Å². The van der Waals surface area contributed by atoms with Crippen LogP contribution in [0, 0.1) is 5.41 Å². The van der Waals surface area contributed by atoms with Crippen molar-refractivity contribution in [1.82, 2.24) is 5.32 Å². The molecule has 3 heteroatoms. The fourth-order valence-electron chi connectivity index (χ4n) is 3.62. The summed E-state index contributed by atoms with van der Waals surface area (Å²) in [4.78, 5) is 0. The van der Waals surface area contributed by atoms with Crippen molar-refractivity contribution >= 4 is 0 Å². The molecule has 0 heterocycles. The molecule has 118 valence electrons. The molecule has 1 atom stereocenters. The zero-order chi connectivity index (χ0) is 15.3. The molecule has 0 amide bonds. The first-order chi connectivity index (χ1) is 10.2. The summed E-state index contributed by atoms with van der Waals surface area (Å²) in [5, 5.41) is 3.76. The number of hydrogen-bond donors (Lipinski definition) is 1. The summed E-state index contributed by atoms with van der Waals surface area (Å²) in [7, 11) is 3.48. The lowest BCUT2D eigenvalue weighted by Gasteiger charge is -2.36. The van der Waals surface area contributed by atoms with Crippen molar-refractivity contribution in [3.63, 3.8) is 0 Å². The lowest BCUT2D eigenvalue weighted by Crippen LogP contribution is -2.35. The first-order valence-corrected chi connectivity index (χ1v) is 8.10. The number of nitrogens with one attached hydrogen (secondary N) is 1. The fourth-order valence-corrected chi connectivity index (χ4v) is 3.62. The minimum atomic E-state index is 0.275. The minimum Gasteiger partial charge on any atom is -0.496 e. The Morgan fingerprint density at radius 3 is 2.19 bits per heavy atom. The van der Waals surface area contributed by atoms with Gasteiger partial charge in [-0.15, -0.1) is 0 Å². The number of ether oxygens (including phenoxy) is 2. The van der Waals surface area contributed by atoms with Crippen LogP contribution in [-0.4, -0.2) is 20.8 Å². The number of rotatable bonds is 7. The van der Waals surface area contributed by atoms with Gasteiger partial charge in [0.05, 0.1) is 19.8 Å². The third-order valence-electron chi connectivity index (χ3n) is 4.80. The molecular formula is C18H29NO2. The molecule has 1 N–H and O–H groups in total. The third kappa shape index (κ3) is 3.34. The first kappa shape index (κ1) is 16.2. The SMILES string of the molecule is CCCNC(c1c(OC)cccc1OC)C1(C)CCCC1. The maximum Gasteiger partial charge on any atom is 0.127 e. The lowest BCUT2D eigenvalue weighted by molar-refractivity contribution is 0.213. The highest BCUT2D eigenvalue weighted by molar-refractivity contribution is 5.48. The van der Waals surface area contributed by atoms with Crippen LogP contribution in [0.3, 0.4) is 0 Å². The Labute approximate surface area is 129 Å². The Morgan fingerprint density at radius 2 is 1.71 bits per heavy atom. The van der Waals surface area contributed by atoms with E-state index in [1.807, 2.05) is 18.2 Å². The minimum absolute atomic E-state index is 0.275. The Bertz CT molecular complexity index is 430. The summed E-state index contributed by atoms with van der Waals surface area (Å²) in [6.07, 6.45) is 6.28. The van der Waals surface area contributed by atoms with Gasteiger partial charge in [-0.3, -0.25) is 0 Å². The van der Waals surface area contributed by atoms with Gasteiger partial charge in [0.25, 0.3) is 0 Å². The summed E-state index contributed by atoms with van der Waals surface area (Å²) < 4.78 is 11.3. The molecule has 0 bridgehead atoms. The van der Waals surface area contributed by atoms with Gasteiger partial charge in [0.1, 0.15) is 11.5 Å². The lowest BCUT2D eigenvalue weighted by atomic mass is 9.76. The van der Waals surface area contributed by atoms with Crippen LogP contribution in [0.5, 0.6) is 11.5 Å². The standard InChI is InChI=1S/C18H29NO2/c1-5-13-19-17(18(2)11-6-7-12-18)16-14(20-3)9-8-10-15(16)21-4/h8-10,17,19H,5-7,11-13H2,1-4H3. The van der Waals surface area contributed by atoms with E-state index in [1.54, 1.807) is 14.2 Å². The number of benzene rings is 1. The largest absolute Gasteiger partial charge is 0.496 e. The van der Waals surface area contributed by atoms with Crippen LogP contribution in [0.1, 0.15) is 57.6 Å². The Kier molecular flexibility index (Phi) is 5.51. The second kappa shape index (κ2) is 7.17. The topological polar surface area (TPSA) is 30.5 Å². The number of hydrogen-bond acceptors (Lipinski definition) is 3. The molecule has 3 nitrogen and oxygen atoms in total. The van der Waals surface area contributed by atoms with Crippen LogP contribution in [0.4, 0.5) is 0 Å². The Balaban J connectivity index is 2.44. The molecule has 0 aliphatic heterocycles. The molecule has 0 spiro atoms. The van der Waals surface area contributed by atoms with Crippen LogP contribution < -0.4 is 14.8 Å². The maximum atomic E-state index is 5.63. The van der Waals surface area contributed by atoms with E-state index in [4.69, 9.17) is 9.47 Å². The van der Waals surface area contributed by atoms with Crippen molar-refractivity contribution in [3.05, 3.63) is 23.8 Å². The molecule has 0 aromatic heterocycles.